The van der Waals surface area contributed by atoms with E-state index < -0.39 is 0 Å². The SMILES string of the molecule is C=c1ccc(=C)n1CCCCCC. The zero-order valence-corrected chi connectivity index (χ0v) is 8.55. The maximum Gasteiger partial charge on any atom is 0.0338 e. The molecule has 0 aliphatic heterocycles. The highest BCUT2D eigenvalue weighted by atomic mass is 14.9. The highest BCUT2D eigenvalue weighted by molar-refractivity contribution is 5.08. The molecule has 0 unspecified atom stereocenters. The summed E-state index contributed by atoms with van der Waals surface area (Å²) in [5.41, 5.74) is 0. The smallest absolute Gasteiger partial charge is 0.0338 e. The molecule has 1 heteroatoms. The van der Waals surface area contributed by atoms with E-state index in [1.807, 2.05) is 12.1 Å². The second-order valence-corrected chi connectivity index (χ2v) is 3.53. The predicted molar refractivity (Wildman–Crippen MR) is 58.9 cm³/mol. The summed E-state index contributed by atoms with van der Waals surface area (Å²) >= 11 is 0. The van der Waals surface area contributed by atoms with Gasteiger partial charge in [-0.3, -0.25) is 0 Å². The lowest BCUT2D eigenvalue weighted by atomic mass is 10.2. The fourth-order valence-electron chi connectivity index (χ4n) is 1.54. The van der Waals surface area contributed by atoms with Crippen LogP contribution in [-0.2, 0) is 6.54 Å². The summed E-state index contributed by atoms with van der Waals surface area (Å²) in [6, 6.07) is 4.06. The van der Waals surface area contributed by atoms with Gasteiger partial charge >= 0.3 is 0 Å². The molecule has 0 amide bonds. The summed E-state index contributed by atoms with van der Waals surface area (Å²) in [7, 11) is 0. The monoisotopic (exact) mass is 177 g/mol. The Bertz CT molecular complexity index is 307. The van der Waals surface area contributed by atoms with Crippen molar-refractivity contribution in [2.75, 3.05) is 0 Å². The molecule has 1 rings (SSSR count). The highest BCUT2D eigenvalue weighted by Crippen LogP contribution is 1.98. The van der Waals surface area contributed by atoms with Gasteiger partial charge in [0.2, 0.25) is 0 Å². The van der Waals surface area contributed by atoms with Gasteiger partial charge in [0.25, 0.3) is 0 Å². The van der Waals surface area contributed by atoms with Gasteiger partial charge < -0.3 is 4.57 Å². The first-order valence-electron chi connectivity index (χ1n) is 5.09. The summed E-state index contributed by atoms with van der Waals surface area (Å²) < 4.78 is 2.19. The molecule has 0 fully saturated rings. The van der Waals surface area contributed by atoms with Crippen molar-refractivity contribution in [3.8, 4) is 0 Å². The van der Waals surface area contributed by atoms with Crippen LogP contribution >= 0.6 is 0 Å². The molecule has 1 nitrogen and oxygen atoms in total. The summed E-state index contributed by atoms with van der Waals surface area (Å²) in [6.07, 6.45) is 5.18. The fourth-order valence-corrected chi connectivity index (χ4v) is 1.54. The van der Waals surface area contributed by atoms with Gasteiger partial charge in [0.1, 0.15) is 0 Å². The van der Waals surface area contributed by atoms with E-state index in [4.69, 9.17) is 0 Å². The third kappa shape index (κ3) is 2.76. The van der Waals surface area contributed by atoms with Crippen LogP contribution in [0.5, 0.6) is 0 Å². The third-order valence-electron chi connectivity index (χ3n) is 2.40. The van der Waals surface area contributed by atoms with E-state index in [1.165, 1.54) is 25.7 Å². The number of hydrogen-bond donors (Lipinski definition) is 0. The topological polar surface area (TPSA) is 4.93 Å². The van der Waals surface area contributed by atoms with Crippen LogP contribution in [0.15, 0.2) is 12.1 Å². The molecule has 0 radical (unpaired) electrons. The molecule has 1 aromatic heterocycles. The molecule has 72 valence electrons. The van der Waals surface area contributed by atoms with E-state index in [9.17, 15) is 0 Å². The van der Waals surface area contributed by atoms with Gasteiger partial charge in [-0.05, 0) is 18.6 Å². The minimum atomic E-state index is 1.07. The number of aromatic nitrogens is 1. The number of nitrogens with zero attached hydrogens (tertiary/aromatic N) is 1. The van der Waals surface area contributed by atoms with Crippen LogP contribution in [0, 0.1) is 0 Å². The molecule has 0 aromatic carbocycles. The van der Waals surface area contributed by atoms with E-state index in [0.717, 1.165) is 17.2 Å². The van der Waals surface area contributed by atoms with E-state index in [-0.39, 0.29) is 0 Å². The molecule has 0 aliphatic rings. The van der Waals surface area contributed by atoms with Crippen molar-refractivity contribution in [3.05, 3.63) is 22.8 Å². The van der Waals surface area contributed by atoms with Crippen molar-refractivity contribution in [1.29, 1.82) is 0 Å². The summed E-state index contributed by atoms with van der Waals surface area (Å²) in [6.45, 7) is 11.2. The normalized spacial score (nSPS) is 10.5. The van der Waals surface area contributed by atoms with E-state index in [2.05, 4.69) is 24.6 Å². The Balaban J connectivity index is 2.45. The minimum absolute atomic E-state index is 1.07. The number of hydrogen-bond acceptors (Lipinski definition) is 0. The molecular weight excluding hydrogens is 158 g/mol. The Morgan fingerprint density at radius 1 is 1.08 bits per heavy atom. The van der Waals surface area contributed by atoms with Gasteiger partial charge in [0.05, 0.1) is 0 Å². The number of unbranched alkanes of at least 4 members (excludes halogenated alkanes) is 3. The van der Waals surface area contributed by atoms with Gasteiger partial charge in [0.15, 0.2) is 0 Å². The lowest BCUT2D eigenvalue weighted by Crippen LogP contribution is -2.24. The molecule has 0 atom stereocenters. The summed E-state index contributed by atoms with van der Waals surface area (Å²) in [4.78, 5) is 0. The average Bonchev–Trinajstić information content (AvgIpc) is 2.42. The fraction of sp³-hybridized carbons (Fsp3) is 0.500. The maximum atomic E-state index is 3.96. The van der Waals surface area contributed by atoms with Crippen molar-refractivity contribution in [3.63, 3.8) is 0 Å². The van der Waals surface area contributed by atoms with Crippen LogP contribution in [-0.4, -0.2) is 4.57 Å². The van der Waals surface area contributed by atoms with Crippen LogP contribution < -0.4 is 10.7 Å². The molecule has 0 saturated heterocycles. The second-order valence-electron chi connectivity index (χ2n) is 3.53. The first kappa shape index (κ1) is 10.1. The van der Waals surface area contributed by atoms with Crippen molar-refractivity contribution >= 4 is 13.2 Å². The molecule has 1 aromatic rings. The van der Waals surface area contributed by atoms with Crippen LogP contribution in [0.3, 0.4) is 0 Å². The maximum absolute atomic E-state index is 3.96. The summed E-state index contributed by atoms with van der Waals surface area (Å²) in [5.74, 6) is 0. The van der Waals surface area contributed by atoms with Gasteiger partial charge in [0, 0.05) is 17.2 Å². The molecule has 0 spiro atoms. The van der Waals surface area contributed by atoms with Crippen LogP contribution in [0.2, 0.25) is 0 Å². The van der Waals surface area contributed by atoms with Gasteiger partial charge in [-0.1, -0.05) is 39.3 Å². The Hall–Kier alpha value is -0.980. The molecule has 0 bridgehead atoms. The lowest BCUT2D eigenvalue weighted by Gasteiger charge is -2.03. The number of rotatable bonds is 5. The van der Waals surface area contributed by atoms with Gasteiger partial charge in [-0.15, -0.1) is 0 Å². The quantitative estimate of drug-likeness (QED) is 0.605. The Morgan fingerprint density at radius 3 is 2.23 bits per heavy atom. The lowest BCUT2D eigenvalue weighted by molar-refractivity contribution is 0.569. The molecular formula is C12H19N. The molecule has 0 aliphatic carbocycles. The zero-order valence-electron chi connectivity index (χ0n) is 8.55. The zero-order chi connectivity index (χ0) is 9.68. The van der Waals surface area contributed by atoms with Crippen LogP contribution in [0.4, 0.5) is 0 Å². The largest absolute Gasteiger partial charge is 0.343 e. The van der Waals surface area contributed by atoms with Crippen molar-refractivity contribution in [2.24, 2.45) is 0 Å². The first-order valence-corrected chi connectivity index (χ1v) is 5.09. The second kappa shape index (κ2) is 4.90. The first-order chi connectivity index (χ1) is 6.25. The molecule has 0 N–H and O–H groups in total. The molecule has 13 heavy (non-hydrogen) atoms. The van der Waals surface area contributed by atoms with E-state index >= 15 is 0 Å². The summed E-state index contributed by atoms with van der Waals surface area (Å²) in [5, 5.41) is 2.17. The predicted octanol–water partition coefficient (Wildman–Crippen LogP) is 1.89. The van der Waals surface area contributed by atoms with Crippen molar-refractivity contribution < 1.29 is 0 Å². The Morgan fingerprint density at radius 2 is 1.69 bits per heavy atom. The minimum Gasteiger partial charge on any atom is -0.343 e. The molecule has 1 heterocycles. The van der Waals surface area contributed by atoms with E-state index in [1.54, 1.807) is 0 Å². The van der Waals surface area contributed by atoms with Gasteiger partial charge in [-0.2, -0.15) is 0 Å². The molecule has 0 saturated carbocycles. The Labute approximate surface area is 80.4 Å². The van der Waals surface area contributed by atoms with Gasteiger partial charge in [-0.25, -0.2) is 0 Å². The van der Waals surface area contributed by atoms with Crippen molar-refractivity contribution in [1.82, 2.24) is 4.57 Å². The standard InChI is InChI=1S/C12H19N/c1-4-5-6-7-10-13-11(2)8-9-12(13)3/h8-9H,2-7,10H2,1H3. The average molecular weight is 177 g/mol. The Kier molecular flexibility index (Phi) is 3.81. The highest BCUT2D eigenvalue weighted by Gasteiger charge is 1.93. The van der Waals surface area contributed by atoms with Crippen LogP contribution in [0.25, 0.3) is 13.2 Å². The van der Waals surface area contributed by atoms with Crippen molar-refractivity contribution in [2.45, 2.75) is 39.2 Å². The van der Waals surface area contributed by atoms with Crippen LogP contribution in [0.1, 0.15) is 32.6 Å². The third-order valence-corrected chi connectivity index (χ3v) is 2.40. The van der Waals surface area contributed by atoms with E-state index in [0.29, 0.717) is 0 Å².